The summed E-state index contributed by atoms with van der Waals surface area (Å²) in [6.07, 6.45) is 5.68. The molecule has 1 saturated heterocycles. The molecule has 0 bridgehead atoms. The summed E-state index contributed by atoms with van der Waals surface area (Å²) in [5.74, 6) is 1.72. The van der Waals surface area contributed by atoms with E-state index in [2.05, 4.69) is 64.7 Å². The Hall–Kier alpha value is -1.87. The van der Waals surface area contributed by atoms with Crippen LogP contribution in [-0.2, 0) is 6.54 Å². The Balaban J connectivity index is 0.00000341. The zero-order valence-electron chi connectivity index (χ0n) is 18.9. The molecule has 2 aromatic rings. The van der Waals surface area contributed by atoms with Crippen LogP contribution >= 0.6 is 24.0 Å². The van der Waals surface area contributed by atoms with E-state index in [0.717, 1.165) is 43.6 Å². The largest absolute Gasteiger partial charge is 0.497 e. The molecule has 1 fully saturated rings. The Morgan fingerprint density at radius 2 is 1.87 bits per heavy atom. The molecule has 2 N–H and O–H groups in total. The van der Waals surface area contributed by atoms with E-state index in [-0.39, 0.29) is 24.0 Å². The van der Waals surface area contributed by atoms with E-state index in [0.29, 0.717) is 12.6 Å². The molecular weight excluding hydrogens is 501 g/mol. The number of benzene rings is 1. The number of aryl methyl sites for hydroxylation is 1. The topological polar surface area (TPSA) is 61.8 Å². The average molecular weight is 537 g/mol. The number of halogens is 1. The third-order valence-corrected chi connectivity index (χ3v) is 5.64. The molecule has 2 heterocycles. The third-order valence-electron chi connectivity index (χ3n) is 5.64. The van der Waals surface area contributed by atoms with Gasteiger partial charge in [-0.3, -0.25) is 9.88 Å². The minimum atomic E-state index is 0. The Bertz CT molecular complexity index is 806. The number of methoxy groups -OCH3 is 1. The summed E-state index contributed by atoms with van der Waals surface area (Å²) in [6.45, 7) is 8.64. The van der Waals surface area contributed by atoms with Gasteiger partial charge in [-0.15, -0.1) is 24.0 Å². The van der Waals surface area contributed by atoms with E-state index in [1.165, 1.54) is 30.4 Å². The second kappa shape index (κ2) is 13.5. The molecule has 1 aromatic heterocycles. The Labute approximate surface area is 203 Å². The smallest absolute Gasteiger partial charge is 0.191 e. The molecular formula is C24H36IN5O. The lowest BCUT2D eigenvalue weighted by molar-refractivity contribution is 0.164. The molecule has 1 aliphatic rings. The highest BCUT2D eigenvalue weighted by molar-refractivity contribution is 14.0. The lowest BCUT2D eigenvalue weighted by Gasteiger charge is -2.35. The maximum absolute atomic E-state index is 5.34. The summed E-state index contributed by atoms with van der Waals surface area (Å²) in [7, 11) is 1.71. The predicted molar refractivity (Wildman–Crippen MR) is 138 cm³/mol. The predicted octanol–water partition coefficient (Wildman–Crippen LogP) is 4.30. The molecule has 0 aliphatic carbocycles. The number of piperidine rings is 1. The van der Waals surface area contributed by atoms with Crippen molar-refractivity contribution in [1.29, 1.82) is 0 Å². The summed E-state index contributed by atoms with van der Waals surface area (Å²) >= 11 is 0. The fourth-order valence-corrected chi connectivity index (χ4v) is 3.89. The van der Waals surface area contributed by atoms with Gasteiger partial charge in [-0.25, -0.2) is 4.99 Å². The van der Waals surface area contributed by atoms with Crippen molar-refractivity contribution in [2.24, 2.45) is 4.99 Å². The van der Waals surface area contributed by atoms with Gasteiger partial charge in [0.05, 0.1) is 25.4 Å². The highest BCUT2D eigenvalue weighted by atomic mass is 127. The summed E-state index contributed by atoms with van der Waals surface area (Å²) in [6, 6.07) is 12.8. The van der Waals surface area contributed by atoms with Crippen LogP contribution in [0.1, 0.15) is 49.0 Å². The Morgan fingerprint density at radius 3 is 2.52 bits per heavy atom. The van der Waals surface area contributed by atoms with Crippen molar-refractivity contribution in [1.82, 2.24) is 20.5 Å². The number of hydrogen-bond donors (Lipinski definition) is 2. The van der Waals surface area contributed by atoms with E-state index in [9.17, 15) is 0 Å². The minimum Gasteiger partial charge on any atom is -0.497 e. The van der Waals surface area contributed by atoms with Crippen molar-refractivity contribution in [3.05, 3.63) is 59.4 Å². The summed E-state index contributed by atoms with van der Waals surface area (Å²) in [4.78, 5) is 11.8. The molecule has 1 aromatic carbocycles. The van der Waals surface area contributed by atoms with Crippen LogP contribution in [0, 0.1) is 6.92 Å². The van der Waals surface area contributed by atoms with Gasteiger partial charge in [0, 0.05) is 19.3 Å². The lowest BCUT2D eigenvalue weighted by atomic mass is 10.0. The monoisotopic (exact) mass is 537 g/mol. The molecule has 1 aliphatic heterocycles. The highest BCUT2D eigenvalue weighted by Crippen LogP contribution is 2.25. The van der Waals surface area contributed by atoms with Crippen molar-refractivity contribution >= 4 is 29.9 Å². The molecule has 1 atom stereocenters. The normalized spacial score (nSPS) is 15.6. The number of guanidine groups is 1. The Morgan fingerprint density at radius 1 is 1.13 bits per heavy atom. The number of aromatic nitrogens is 1. The number of rotatable bonds is 8. The number of hydrogen-bond acceptors (Lipinski definition) is 4. The molecule has 170 valence electrons. The second-order valence-corrected chi connectivity index (χ2v) is 7.73. The van der Waals surface area contributed by atoms with Gasteiger partial charge < -0.3 is 15.4 Å². The standard InChI is InChI=1S/C24H35N5O.HI/c1-4-25-24(27-17-22-19(2)9-8-14-26-22)28-18-23(29-15-6-5-7-16-29)20-10-12-21(30-3)13-11-20;/h8-14,23H,4-7,15-18H2,1-3H3,(H2,25,27,28);1H. The van der Waals surface area contributed by atoms with Gasteiger partial charge in [-0.05, 0) is 69.1 Å². The van der Waals surface area contributed by atoms with E-state index in [4.69, 9.17) is 9.73 Å². The number of likely N-dealkylation sites (tertiary alicyclic amines) is 1. The van der Waals surface area contributed by atoms with Crippen LogP contribution in [0.25, 0.3) is 0 Å². The van der Waals surface area contributed by atoms with E-state index < -0.39 is 0 Å². The number of nitrogens with zero attached hydrogens (tertiary/aromatic N) is 3. The van der Waals surface area contributed by atoms with Gasteiger partial charge in [0.1, 0.15) is 5.75 Å². The van der Waals surface area contributed by atoms with Gasteiger partial charge in [0.15, 0.2) is 5.96 Å². The Kier molecular flexibility index (Phi) is 11.1. The molecule has 0 amide bonds. The summed E-state index contributed by atoms with van der Waals surface area (Å²) < 4.78 is 5.34. The summed E-state index contributed by atoms with van der Waals surface area (Å²) in [5.41, 5.74) is 3.49. The fourth-order valence-electron chi connectivity index (χ4n) is 3.89. The minimum absolute atomic E-state index is 0. The quantitative estimate of drug-likeness (QED) is 0.299. The first kappa shape index (κ1) is 25.4. The van der Waals surface area contributed by atoms with Crippen molar-refractivity contribution in [3.63, 3.8) is 0 Å². The van der Waals surface area contributed by atoms with Crippen LogP contribution in [0.5, 0.6) is 5.75 Å². The third kappa shape index (κ3) is 7.64. The SMILES string of the molecule is CCNC(=NCc1ncccc1C)NCC(c1ccc(OC)cc1)N1CCCCC1.I. The van der Waals surface area contributed by atoms with Gasteiger partial charge in [-0.1, -0.05) is 24.6 Å². The van der Waals surface area contributed by atoms with Crippen molar-refractivity contribution in [2.45, 2.75) is 45.7 Å². The average Bonchev–Trinajstić information content (AvgIpc) is 2.79. The summed E-state index contributed by atoms with van der Waals surface area (Å²) in [5, 5.41) is 6.95. The van der Waals surface area contributed by atoms with E-state index in [1.807, 2.05) is 12.3 Å². The van der Waals surface area contributed by atoms with Crippen LogP contribution in [-0.4, -0.2) is 49.1 Å². The maximum atomic E-state index is 5.34. The molecule has 1 unspecified atom stereocenters. The lowest BCUT2D eigenvalue weighted by Crippen LogP contribution is -2.44. The van der Waals surface area contributed by atoms with Gasteiger partial charge in [0.2, 0.25) is 0 Å². The zero-order valence-corrected chi connectivity index (χ0v) is 21.3. The van der Waals surface area contributed by atoms with Crippen molar-refractivity contribution < 1.29 is 4.74 Å². The van der Waals surface area contributed by atoms with Crippen LogP contribution in [0.15, 0.2) is 47.6 Å². The molecule has 0 saturated carbocycles. The number of pyridine rings is 1. The van der Waals surface area contributed by atoms with Crippen LogP contribution < -0.4 is 15.4 Å². The molecule has 3 rings (SSSR count). The van der Waals surface area contributed by atoms with E-state index in [1.54, 1.807) is 7.11 Å². The van der Waals surface area contributed by atoms with E-state index >= 15 is 0 Å². The van der Waals surface area contributed by atoms with Crippen molar-refractivity contribution in [2.75, 3.05) is 33.3 Å². The highest BCUT2D eigenvalue weighted by Gasteiger charge is 2.22. The first-order chi connectivity index (χ1) is 14.7. The van der Waals surface area contributed by atoms with Crippen LogP contribution in [0.4, 0.5) is 0 Å². The van der Waals surface area contributed by atoms with Gasteiger partial charge >= 0.3 is 0 Å². The molecule has 0 radical (unpaired) electrons. The number of ether oxygens (including phenoxy) is 1. The van der Waals surface area contributed by atoms with Gasteiger partial charge in [0.25, 0.3) is 0 Å². The zero-order chi connectivity index (χ0) is 21.2. The maximum Gasteiger partial charge on any atom is 0.191 e. The van der Waals surface area contributed by atoms with Crippen LogP contribution in [0.3, 0.4) is 0 Å². The van der Waals surface area contributed by atoms with Crippen LogP contribution in [0.2, 0.25) is 0 Å². The molecule has 6 nitrogen and oxygen atoms in total. The first-order valence-electron chi connectivity index (χ1n) is 11.0. The molecule has 31 heavy (non-hydrogen) atoms. The number of aliphatic imine (C=N–C) groups is 1. The van der Waals surface area contributed by atoms with Crippen molar-refractivity contribution in [3.8, 4) is 5.75 Å². The fraction of sp³-hybridized carbons (Fsp3) is 0.500. The van der Waals surface area contributed by atoms with Gasteiger partial charge in [-0.2, -0.15) is 0 Å². The second-order valence-electron chi connectivity index (χ2n) is 7.73. The number of nitrogens with one attached hydrogen (secondary N) is 2. The molecule has 7 heteroatoms. The molecule has 0 spiro atoms. The first-order valence-corrected chi connectivity index (χ1v) is 11.0.